The number of benzene rings is 1. The maximum atomic E-state index is 13.2. The third-order valence-corrected chi connectivity index (χ3v) is 8.06. The predicted octanol–water partition coefficient (Wildman–Crippen LogP) is 2.19. The fraction of sp³-hybridized carbons (Fsp3) is 0.667. The first-order valence-corrected chi connectivity index (χ1v) is 11.6. The van der Waals surface area contributed by atoms with Crippen LogP contribution in [0.2, 0.25) is 0 Å². The van der Waals surface area contributed by atoms with Gasteiger partial charge in [0.1, 0.15) is 11.8 Å². The van der Waals surface area contributed by atoms with Crippen LogP contribution < -0.4 is 11.1 Å². The van der Waals surface area contributed by atoms with Crippen LogP contribution in [0.3, 0.4) is 0 Å². The van der Waals surface area contributed by atoms with Gasteiger partial charge >= 0.3 is 0 Å². The highest BCUT2D eigenvalue weighted by atomic mass is 16.3. The molecule has 5 aliphatic rings. The highest BCUT2D eigenvalue weighted by molar-refractivity contribution is 5.90. The Balaban J connectivity index is 1.22. The van der Waals surface area contributed by atoms with E-state index in [9.17, 15) is 14.7 Å². The monoisotopic (exact) mass is 411 g/mol. The summed E-state index contributed by atoms with van der Waals surface area (Å²) in [7, 11) is 0. The summed E-state index contributed by atoms with van der Waals surface area (Å²) in [6, 6.07) is 6.03. The number of phenols is 1. The van der Waals surface area contributed by atoms with Crippen molar-refractivity contribution in [3.8, 4) is 5.75 Å². The van der Waals surface area contributed by atoms with Gasteiger partial charge in [0.05, 0.1) is 6.04 Å². The minimum absolute atomic E-state index is 0.0166. The Hall–Kier alpha value is -2.08. The zero-order valence-electron chi connectivity index (χ0n) is 17.5. The summed E-state index contributed by atoms with van der Waals surface area (Å²) < 4.78 is 0. The molecule has 4 aliphatic carbocycles. The molecule has 1 heterocycles. The second kappa shape index (κ2) is 7.88. The lowest BCUT2D eigenvalue weighted by molar-refractivity contribution is -0.140. The maximum absolute atomic E-state index is 13.2. The average Bonchev–Trinajstić information content (AvgIpc) is 3.19. The summed E-state index contributed by atoms with van der Waals surface area (Å²) in [5.41, 5.74) is 7.04. The first-order valence-electron chi connectivity index (χ1n) is 11.6. The fourth-order valence-corrected chi connectivity index (χ4v) is 6.96. The molecule has 4 saturated carbocycles. The van der Waals surface area contributed by atoms with E-state index in [0.717, 1.165) is 23.8 Å². The van der Waals surface area contributed by atoms with Crippen molar-refractivity contribution in [2.24, 2.45) is 29.4 Å². The molecule has 6 rings (SSSR count). The molecule has 6 nitrogen and oxygen atoms in total. The largest absolute Gasteiger partial charge is 0.508 e. The topological polar surface area (TPSA) is 95.7 Å². The first kappa shape index (κ1) is 19.9. The van der Waals surface area contributed by atoms with E-state index >= 15 is 0 Å². The van der Waals surface area contributed by atoms with Gasteiger partial charge in [-0.3, -0.25) is 9.59 Å². The molecule has 1 saturated heterocycles. The molecule has 162 valence electrons. The molecule has 1 aromatic rings. The SMILES string of the molecule is N[C@@H](Cc1cccc(O)c1)C(=O)N1CCC[C@@H]1C(=O)NC1C2CC3CC(C2)CC1C3. The summed E-state index contributed by atoms with van der Waals surface area (Å²) in [6.07, 6.45) is 8.36. The van der Waals surface area contributed by atoms with Crippen LogP contribution >= 0.6 is 0 Å². The van der Waals surface area contributed by atoms with Gasteiger partial charge in [-0.1, -0.05) is 12.1 Å². The number of nitrogens with zero attached hydrogens (tertiary/aromatic N) is 1. The molecular formula is C24H33N3O3. The molecule has 1 aliphatic heterocycles. The molecule has 4 N–H and O–H groups in total. The van der Waals surface area contributed by atoms with E-state index in [1.54, 1.807) is 23.1 Å². The van der Waals surface area contributed by atoms with Crippen molar-refractivity contribution in [2.75, 3.05) is 6.54 Å². The van der Waals surface area contributed by atoms with Crippen LogP contribution in [-0.2, 0) is 16.0 Å². The highest BCUT2D eigenvalue weighted by Gasteiger charge is 2.49. The van der Waals surface area contributed by atoms with Crippen molar-refractivity contribution in [1.29, 1.82) is 0 Å². The molecule has 0 aromatic heterocycles. The number of aromatic hydroxyl groups is 1. The Morgan fingerprint density at radius 1 is 1.13 bits per heavy atom. The standard InChI is InChI=1S/C24H33N3O3/c25-20(13-14-3-1-4-19(28)12-14)24(30)27-6-2-5-21(27)23(29)26-22-17-8-15-7-16(10-17)11-18(22)9-15/h1,3-4,12,15-18,20-22,28H,2,5-11,13,25H2,(H,26,29)/t15?,16?,17?,18?,20-,21+,22?/m0/s1. The summed E-state index contributed by atoms with van der Waals surface area (Å²) in [6.45, 7) is 0.590. The zero-order chi connectivity index (χ0) is 20.8. The Morgan fingerprint density at radius 2 is 1.83 bits per heavy atom. The second-order valence-electron chi connectivity index (χ2n) is 10.1. The van der Waals surface area contributed by atoms with Crippen molar-refractivity contribution >= 4 is 11.8 Å². The maximum Gasteiger partial charge on any atom is 0.243 e. The Morgan fingerprint density at radius 3 is 2.50 bits per heavy atom. The molecule has 0 spiro atoms. The van der Waals surface area contributed by atoms with Gasteiger partial charge in [0.2, 0.25) is 11.8 Å². The molecule has 5 fully saturated rings. The van der Waals surface area contributed by atoms with E-state index in [-0.39, 0.29) is 17.6 Å². The first-order chi connectivity index (χ1) is 14.5. The van der Waals surface area contributed by atoms with Crippen LogP contribution in [0.25, 0.3) is 0 Å². The van der Waals surface area contributed by atoms with E-state index in [0.29, 0.717) is 37.3 Å². The van der Waals surface area contributed by atoms with E-state index in [2.05, 4.69) is 5.32 Å². The Bertz CT molecular complexity index is 798. The van der Waals surface area contributed by atoms with E-state index in [1.165, 1.54) is 32.1 Å². The molecule has 2 amide bonds. The van der Waals surface area contributed by atoms with Gasteiger partial charge < -0.3 is 21.1 Å². The van der Waals surface area contributed by atoms with E-state index < -0.39 is 12.1 Å². The molecule has 0 radical (unpaired) electrons. The second-order valence-corrected chi connectivity index (χ2v) is 10.1. The van der Waals surface area contributed by atoms with Gasteiger partial charge in [0.15, 0.2) is 0 Å². The van der Waals surface area contributed by atoms with Crippen LogP contribution in [0.15, 0.2) is 24.3 Å². The number of rotatable bonds is 5. The van der Waals surface area contributed by atoms with Gasteiger partial charge in [0, 0.05) is 12.6 Å². The van der Waals surface area contributed by atoms with Crippen molar-refractivity contribution in [2.45, 2.75) is 69.5 Å². The molecule has 0 unspecified atom stereocenters. The number of carbonyl (C=O) groups is 2. The number of hydrogen-bond acceptors (Lipinski definition) is 4. The van der Waals surface area contributed by atoms with Crippen LogP contribution in [0.5, 0.6) is 5.75 Å². The smallest absolute Gasteiger partial charge is 0.243 e. The van der Waals surface area contributed by atoms with Crippen LogP contribution in [0, 0.1) is 23.7 Å². The lowest BCUT2D eigenvalue weighted by Gasteiger charge is -2.54. The normalized spacial score (nSPS) is 35.4. The van der Waals surface area contributed by atoms with Gasteiger partial charge in [-0.2, -0.15) is 0 Å². The number of amides is 2. The summed E-state index contributed by atoms with van der Waals surface area (Å²) in [5.74, 6) is 3.03. The van der Waals surface area contributed by atoms with Crippen molar-refractivity contribution < 1.29 is 14.7 Å². The molecule has 6 heteroatoms. The highest BCUT2D eigenvalue weighted by Crippen LogP contribution is 2.53. The van der Waals surface area contributed by atoms with Gasteiger partial charge in [-0.05, 0) is 92.7 Å². The zero-order valence-corrected chi connectivity index (χ0v) is 17.5. The minimum Gasteiger partial charge on any atom is -0.508 e. The summed E-state index contributed by atoms with van der Waals surface area (Å²) >= 11 is 0. The van der Waals surface area contributed by atoms with Crippen LogP contribution in [0.4, 0.5) is 0 Å². The third-order valence-electron chi connectivity index (χ3n) is 8.06. The number of carbonyl (C=O) groups excluding carboxylic acids is 2. The predicted molar refractivity (Wildman–Crippen MR) is 113 cm³/mol. The van der Waals surface area contributed by atoms with E-state index in [1.807, 2.05) is 6.07 Å². The van der Waals surface area contributed by atoms with Gasteiger partial charge in [0.25, 0.3) is 0 Å². The van der Waals surface area contributed by atoms with Crippen LogP contribution in [0.1, 0.15) is 50.5 Å². The van der Waals surface area contributed by atoms with Crippen LogP contribution in [-0.4, -0.2) is 46.5 Å². The molecule has 4 bridgehead atoms. The quantitative estimate of drug-likeness (QED) is 0.692. The lowest BCUT2D eigenvalue weighted by atomic mass is 9.54. The van der Waals surface area contributed by atoms with Gasteiger partial charge in [-0.25, -0.2) is 0 Å². The third kappa shape index (κ3) is 3.70. The lowest BCUT2D eigenvalue weighted by Crippen LogP contribution is -2.59. The minimum atomic E-state index is -0.707. The number of hydrogen-bond donors (Lipinski definition) is 3. The van der Waals surface area contributed by atoms with Crippen molar-refractivity contribution in [3.63, 3.8) is 0 Å². The Labute approximate surface area is 178 Å². The Kier molecular flexibility index (Phi) is 5.21. The number of phenolic OH excluding ortho intramolecular Hbond substituents is 1. The molecule has 30 heavy (non-hydrogen) atoms. The number of nitrogens with one attached hydrogen (secondary N) is 1. The average molecular weight is 412 g/mol. The summed E-state index contributed by atoms with van der Waals surface area (Å²) in [4.78, 5) is 27.9. The number of likely N-dealkylation sites (tertiary alicyclic amines) is 1. The number of nitrogens with two attached hydrogens (primary N) is 1. The van der Waals surface area contributed by atoms with Crippen molar-refractivity contribution in [1.82, 2.24) is 10.2 Å². The molecule has 1 aromatic carbocycles. The van der Waals surface area contributed by atoms with Gasteiger partial charge in [-0.15, -0.1) is 0 Å². The van der Waals surface area contributed by atoms with Crippen molar-refractivity contribution in [3.05, 3.63) is 29.8 Å². The molecular weight excluding hydrogens is 378 g/mol. The fourth-order valence-electron chi connectivity index (χ4n) is 6.96. The molecule has 2 atom stereocenters. The summed E-state index contributed by atoms with van der Waals surface area (Å²) in [5, 5.41) is 13.0. The van der Waals surface area contributed by atoms with E-state index in [4.69, 9.17) is 5.73 Å².